The summed E-state index contributed by atoms with van der Waals surface area (Å²) in [5.74, 6) is 0.777. The number of para-hydroxylation sites is 2. The SMILES string of the molecule is CCOc1ccccc1-c1noc(COC(=O)c2cc3ccccc3[nH]2)n1. The number of benzene rings is 2. The van der Waals surface area contributed by atoms with Gasteiger partial charge in [0.25, 0.3) is 5.89 Å². The number of nitrogens with zero attached hydrogens (tertiary/aromatic N) is 2. The highest BCUT2D eigenvalue weighted by Gasteiger charge is 2.16. The Morgan fingerprint density at radius 3 is 2.81 bits per heavy atom. The first-order valence-electron chi connectivity index (χ1n) is 8.54. The number of aromatic nitrogens is 3. The van der Waals surface area contributed by atoms with Crippen LogP contribution in [0.1, 0.15) is 23.3 Å². The van der Waals surface area contributed by atoms with E-state index in [1.807, 2.05) is 55.5 Å². The molecule has 136 valence electrons. The number of fused-ring (bicyclic) bond motifs is 1. The maximum atomic E-state index is 12.2. The van der Waals surface area contributed by atoms with E-state index in [-0.39, 0.29) is 12.5 Å². The molecule has 0 aliphatic carbocycles. The van der Waals surface area contributed by atoms with Gasteiger partial charge in [-0.1, -0.05) is 35.5 Å². The van der Waals surface area contributed by atoms with Crippen molar-refractivity contribution in [2.45, 2.75) is 13.5 Å². The maximum absolute atomic E-state index is 12.2. The average molecular weight is 363 g/mol. The number of carbonyl (C=O) groups excluding carboxylic acids is 1. The molecule has 0 saturated carbocycles. The molecule has 0 bridgehead atoms. The predicted octanol–water partition coefficient (Wildman–Crippen LogP) is 3.97. The van der Waals surface area contributed by atoms with Crippen LogP contribution >= 0.6 is 0 Å². The van der Waals surface area contributed by atoms with Crippen LogP contribution in [-0.4, -0.2) is 27.7 Å². The van der Waals surface area contributed by atoms with Gasteiger partial charge in [0.05, 0.1) is 12.2 Å². The van der Waals surface area contributed by atoms with Crippen LogP contribution in [-0.2, 0) is 11.3 Å². The molecule has 4 rings (SSSR count). The molecular formula is C20H17N3O4. The molecule has 7 nitrogen and oxygen atoms in total. The second-order valence-corrected chi connectivity index (χ2v) is 5.79. The fourth-order valence-electron chi connectivity index (χ4n) is 2.74. The molecule has 4 aromatic rings. The molecule has 2 aromatic heterocycles. The molecule has 0 amide bonds. The van der Waals surface area contributed by atoms with E-state index in [1.165, 1.54) is 0 Å². The Balaban J connectivity index is 1.46. The zero-order chi connectivity index (χ0) is 18.6. The van der Waals surface area contributed by atoms with Gasteiger partial charge in [0.15, 0.2) is 6.61 Å². The zero-order valence-electron chi connectivity index (χ0n) is 14.6. The summed E-state index contributed by atoms with van der Waals surface area (Å²) in [5.41, 5.74) is 1.96. The van der Waals surface area contributed by atoms with E-state index in [4.69, 9.17) is 14.0 Å². The van der Waals surface area contributed by atoms with Crippen LogP contribution in [0.2, 0.25) is 0 Å². The maximum Gasteiger partial charge on any atom is 0.355 e. The summed E-state index contributed by atoms with van der Waals surface area (Å²) in [6.07, 6.45) is 0. The number of aromatic amines is 1. The average Bonchev–Trinajstić information content (AvgIpc) is 3.34. The standard InChI is InChI=1S/C20H17N3O4/c1-2-25-17-10-6-4-8-14(17)19-22-18(27-23-19)12-26-20(24)16-11-13-7-3-5-9-15(13)21-16/h3-11,21H,2,12H2,1H3. The molecule has 2 aromatic carbocycles. The smallest absolute Gasteiger partial charge is 0.355 e. The van der Waals surface area contributed by atoms with E-state index in [0.717, 1.165) is 16.5 Å². The van der Waals surface area contributed by atoms with Crippen LogP contribution in [0.3, 0.4) is 0 Å². The van der Waals surface area contributed by atoms with Crippen molar-refractivity contribution in [2.75, 3.05) is 6.61 Å². The van der Waals surface area contributed by atoms with Gasteiger partial charge in [0.1, 0.15) is 11.4 Å². The number of hydrogen-bond acceptors (Lipinski definition) is 6. The molecule has 27 heavy (non-hydrogen) atoms. The van der Waals surface area contributed by atoms with Gasteiger partial charge in [0, 0.05) is 10.9 Å². The van der Waals surface area contributed by atoms with Crippen molar-refractivity contribution in [1.29, 1.82) is 0 Å². The first-order valence-corrected chi connectivity index (χ1v) is 8.54. The summed E-state index contributed by atoms with van der Waals surface area (Å²) in [6, 6.07) is 16.8. The highest BCUT2D eigenvalue weighted by molar-refractivity contribution is 5.94. The topological polar surface area (TPSA) is 90.2 Å². The van der Waals surface area contributed by atoms with E-state index < -0.39 is 5.97 Å². The van der Waals surface area contributed by atoms with Gasteiger partial charge in [-0.05, 0) is 31.2 Å². The third-order valence-corrected chi connectivity index (χ3v) is 3.97. The molecule has 0 unspecified atom stereocenters. The van der Waals surface area contributed by atoms with Gasteiger partial charge in [-0.2, -0.15) is 4.98 Å². The number of H-pyrrole nitrogens is 1. The van der Waals surface area contributed by atoms with Crippen molar-refractivity contribution in [3.8, 4) is 17.1 Å². The second-order valence-electron chi connectivity index (χ2n) is 5.79. The number of nitrogens with one attached hydrogen (secondary N) is 1. The number of esters is 1. The summed E-state index contributed by atoms with van der Waals surface area (Å²) >= 11 is 0. The van der Waals surface area contributed by atoms with Gasteiger partial charge in [0.2, 0.25) is 5.82 Å². The first kappa shape index (κ1) is 16.8. The predicted molar refractivity (Wildman–Crippen MR) is 98.3 cm³/mol. The minimum absolute atomic E-state index is 0.113. The molecule has 1 N–H and O–H groups in total. The fourth-order valence-corrected chi connectivity index (χ4v) is 2.74. The van der Waals surface area contributed by atoms with Gasteiger partial charge < -0.3 is 19.0 Å². The van der Waals surface area contributed by atoms with Crippen molar-refractivity contribution in [2.24, 2.45) is 0 Å². The van der Waals surface area contributed by atoms with Crippen molar-refractivity contribution < 1.29 is 18.8 Å². The van der Waals surface area contributed by atoms with Gasteiger partial charge in [-0.3, -0.25) is 0 Å². The Morgan fingerprint density at radius 1 is 1.15 bits per heavy atom. The summed E-state index contributed by atoms with van der Waals surface area (Å²) < 4.78 is 16.0. The molecule has 0 spiro atoms. The largest absolute Gasteiger partial charge is 0.493 e. The molecule has 0 fully saturated rings. The van der Waals surface area contributed by atoms with Crippen molar-refractivity contribution in [3.05, 3.63) is 66.2 Å². The monoisotopic (exact) mass is 363 g/mol. The Hall–Kier alpha value is -3.61. The number of rotatable bonds is 6. The lowest BCUT2D eigenvalue weighted by atomic mass is 10.2. The van der Waals surface area contributed by atoms with Crippen LogP contribution in [0, 0.1) is 0 Å². The summed E-state index contributed by atoms with van der Waals surface area (Å²) in [4.78, 5) is 19.6. The summed E-state index contributed by atoms with van der Waals surface area (Å²) in [6.45, 7) is 2.32. The lowest BCUT2D eigenvalue weighted by Crippen LogP contribution is -2.05. The number of hydrogen-bond donors (Lipinski definition) is 1. The third-order valence-electron chi connectivity index (χ3n) is 3.97. The summed E-state index contributed by atoms with van der Waals surface area (Å²) in [5, 5.41) is 4.89. The Labute approximate surface area is 154 Å². The van der Waals surface area contributed by atoms with E-state index >= 15 is 0 Å². The number of ether oxygens (including phenoxy) is 2. The van der Waals surface area contributed by atoms with Crippen LogP contribution in [0.5, 0.6) is 5.75 Å². The van der Waals surface area contributed by atoms with Crippen LogP contribution in [0.15, 0.2) is 59.1 Å². The minimum atomic E-state index is -0.485. The van der Waals surface area contributed by atoms with Gasteiger partial charge in [-0.15, -0.1) is 0 Å². The minimum Gasteiger partial charge on any atom is -0.493 e. The fraction of sp³-hybridized carbons (Fsp3) is 0.150. The van der Waals surface area contributed by atoms with Crippen molar-refractivity contribution >= 4 is 16.9 Å². The van der Waals surface area contributed by atoms with E-state index in [2.05, 4.69) is 15.1 Å². The van der Waals surface area contributed by atoms with Gasteiger partial charge in [-0.25, -0.2) is 4.79 Å². The second kappa shape index (κ2) is 7.33. The lowest BCUT2D eigenvalue weighted by molar-refractivity contribution is 0.0424. The lowest BCUT2D eigenvalue weighted by Gasteiger charge is -2.06. The van der Waals surface area contributed by atoms with Gasteiger partial charge >= 0.3 is 5.97 Å². The van der Waals surface area contributed by atoms with E-state index in [0.29, 0.717) is 23.9 Å². The van der Waals surface area contributed by atoms with Crippen LogP contribution in [0.4, 0.5) is 0 Å². The van der Waals surface area contributed by atoms with E-state index in [1.54, 1.807) is 6.07 Å². The molecule has 0 saturated heterocycles. The molecular weight excluding hydrogens is 346 g/mol. The molecule has 7 heteroatoms. The molecule has 0 radical (unpaired) electrons. The molecule has 0 atom stereocenters. The third kappa shape index (κ3) is 3.52. The first-order chi connectivity index (χ1) is 13.2. The van der Waals surface area contributed by atoms with Crippen molar-refractivity contribution in [1.82, 2.24) is 15.1 Å². The highest BCUT2D eigenvalue weighted by atomic mass is 16.6. The quantitative estimate of drug-likeness (QED) is 0.521. The Morgan fingerprint density at radius 2 is 1.96 bits per heavy atom. The Bertz CT molecular complexity index is 1050. The zero-order valence-corrected chi connectivity index (χ0v) is 14.6. The number of carbonyl (C=O) groups is 1. The van der Waals surface area contributed by atoms with Crippen LogP contribution < -0.4 is 4.74 Å². The Kier molecular flexibility index (Phi) is 4.57. The van der Waals surface area contributed by atoms with Crippen LogP contribution in [0.25, 0.3) is 22.3 Å². The molecule has 0 aliphatic rings. The molecule has 2 heterocycles. The van der Waals surface area contributed by atoms with Crippen molar-refractivity contribution in [3.63, 3.8) is 0 Å². The summed E-state index contributed by atoms with van der Waals surface area (Å²) in [7, 11) is 0. The highest BCUT2D eigenvalue weighted by Crippen LogP contribution is 2.27. The molecule has 0 aliphatic heterocycles. The van der Waals surface area contributed by atoms with E-state index in [9.17, 15) is 4.79 Å². The normalized spacial score (nSPS) is 10.9.